The third-order valence-corrected chi connectivity index (χ3v) is 2.98. The molecule has 0 atom stereocenters. The first-order valence-electron chi connectivity index (χ1n) is 2.97. The molecule has 10 heavy (non-hydrogen) atoms. The Balaban J connectivity index is 2.69. The molecule has 0 aromatic carbocycles. The Bertz CT molecular complexity index is 244. The predicted octanol–water partition coefficient (Wildman–Crippen LogP) is -0.779. The summed E-state index contributed by atoms with van der Waals surface area (Å²) >= 11 is 0. The molecule has 0 unspecified atom stereocenters. The van der Waals surface area contributed by atoms with Gasteiger partial charge in [-0.05, 0) is 0 Å². The van der Waals surface area contributed by atoms with Gasteiger partial charge in [0, 0.05) is 13.5 Å². The Labute approximate surface area is 59.7 Å². The first-order valence-corrected chi connectivity index (χ1v) is 4.79. The number of nitrogens with zero attached hydrogens (tertiary/aromatic N) is 1. The lowest BCUT2D eigenvalue weighted by atomic mass is 10.6. The van der Waals surface area contributed by atoms with Crippen molar-refractivity contribution in [3.8, 4) is 0 Å². The van der Waals surface area contributed by atoms with Gasteiger partial charge in [-0.2, -0.15) is 0 Å². The zero-order valence-electron chi connectivity index (χ0n) is 5.70. The topological polar surface area (TPSA) is 54.5 Å². The summed E-state index contributed by atoms with van der Waals surface area (Å²) in [7, 11) is -2.94. The first-order chi connectivity index (χ1) is 4.51. The van der Waals surface area contributed by atoms with Crippen molar-refractivity contribution in [2.24, 2.45) is 0 Å². The van der Waals surface area contributed by atoms with Crippen LogP contribution in [0.1, 0.15) is 6.92 Å². The molecular formula is C5H9NO3S. The molecule has 4 nitrogen and oxygen atoms in total. The van der Waals surface area contributed by atoms with Crippen molar-refractivity contribution in [1.29, 1.82) is 0 Å². The Morgan fingerprint density at radius 2 is 2.10 bits per heavy atom. The fourth-order valence-electron chi connectivity index (χ4n) is 0.864. The normalized spacial score (nSPS) is 23.1. The number of amides is 1. The molecule has 0 aromatic heterocycles. The second kappa shape index (κ2) is 2.23. The molecule has 5 heteroatoms. The average molecular weight is 163 g/mol. The Morgan fingerprint density at radius 1 is 1.50 bits per heavy atom. The van der Waals surface area contributed by atoms with E-state index in [-0.39, 0.29) is 17.5 Å². The average Bonchev–Trinajstić information content (AvgIpc) is 2.10. The van der Waals surface area contributed by atoms with Crippen molar-refractivity contribution in [2.75, 3.05) is 18.2 Å². The third-order valence-electron chi connectivity index (χ3n) is 1.47. The highest BCUT2D eigenvalue weighted by Gasteiger charge is 2.26. The molecule has 1 aliphatic rings. The van der Waals surface area contributed by atoms with Crippen LogP contribution >= 0.6 is 0 Å². The summed E-state index contributed by atoms with van der Waals surface area (Å²) in [6.07, 6.45) is 0. The van der Waals surface area contributed by atoms with Crippen LogP contribution in [0.15, 0.2) is 0 Å². The number of carbonyl (C=O) groups excluding carboxylic acids is 1. The fourth-order valence-corrected chi connectivity index (χ4v) is 2.28. The minimum absolute atomic E-state index is 0.0949. The molecular weight excluding hydrogens is 154 g/mol. The van der Waals surface area contributed by atoms with E-state index in [9.17, 15) is 13.2 Å². The Hall–Kier alpha value is -0.580. The van der Waals surface area contributed by atoms with Crippen molar-refractivity contribution in [1.82, 2.24) is 4.90 Å². The fraction of sp³-hybridized carbons (Fsp3) is 0.800. The van der Waals surface area contributed by atoms with Crippen molar-refractivity contribution < 1.29 is 13.2 Å². The molecule has 0 spiro atoms. The minimum atomic E-state index is -2.94. The monoisotopic (exact) mass is 163 g/mol. The SMILES string of the molecule is CC(=O)N1CCS(=O)(=O)C1. The van der Waals surface area contributed by atoms with Crippen LogP contribution in [0.5, 0.6) is 0 Å². The van der Waals surface area contributed by atoms with Gasteiger partial charge in [-0.15, -0.1) is 0 Å². The van der Waals surface area contributed by atoms with Gasteiger partial charge in [0.2, 0.25) is 5.91 Å². The van der Waals surface area contributed by atoms with Crippen LogP contribution in [0.2, 0.25) is 0 Å². The molecule has 0 aliphatic carbocycles. The van der Waals surface area contributed by atoms with Gasteiger partial charge in [0.05, 0.1) is 5.75 Å². The molecule has 0 bridgehead atoms. The summed E-state index contributed by atoms with van der Waals surface area (Å²) in [4.78, 5) is 11.9. The van der Waals surface area contributed by atoms with Crippen LogP contribution in [0.25, 0.3) is 0 Å². The molecule has 1 saturated heterocycles. The largest absolute Gasteiger partial charge is 0.328 e. The zero-order chi connectivity index (χ0) is 7.78. The van der Waals surface area contributed by atoms with E-state index in [1.54, 1.807) is 0 Å². The number of carbonyl (C=O) groups is 1. The van der Waals surface area contributed by atoms with Gasteiger partial charge in [0.15, 0.2) is 9.84 Å². The number of hydrogen-bond donors (Lipinski definition) is 0. The van der Waals surface area contributed by atoms with E-state index in [0.29, 0.717) is 6.54 Å². The highest BCUT2D eigenvalue weighted by atomic mass is 32.2. The maximum absolute atomic E-state index is 10.8. The van der Waals surface area contributed by atoms with Gasteiger partial charge in [-0.25, -0.2) is 8.42 Å². The lowest BCUT2D eigenvalue weighted by molar-refractivity contribution is -0.127. The van der Waals surface area contributed by atoms with Crippen LogP contribution in [0.4, 0.5) is 0 Å². The lowest BCUT2D eigenvalue weighted by Gasteiger charge is -2.08. The second-order valence-electron chi connectivity index (χ2n) is 2.36. The van der Waals surface area contributed by atoms with Crippen LogP contribution in [-0.4, -0.2) is 37.4 Å². The van der Waals surface area contributed by atoms with E-state index in [2.05, 4.69) is 0 Å². The van der Waals surface area contributed by atoms with E-state index < -0.39 is 9.84 Å². The van der Waals surface area contributed by atoms with E-state index in [0.717, 1.165) is 0 Å². The van der Waals surface area contributed by atoms with Crippen molar-refractivity contribution in [2.45, 2.75) is 6.92 Å². The molecule has 1 heterocycles. The maximum Gasteiger partial charge on any atom is 0.220 e. The third kappa shape index (κ3) is 1.47. The van der Waals surface area contributed by atoms with Crippen molar-refractivity contribution >= 4 is 15.7 Å². The highest BCUT2D eigenvalue weighted by Crippen LogP contribution is 2.06. The smallest absolute Gasteiger partial charge is 0.220 e. The molecule has 1 fully saturated rings. The summed E-state index contributed by atoms with van der Waals surface area (Å²) < 4.78 is 21.5. The van der Waals surface area contributed by atoms with Crippen LogP contribution in [0.3, 0.4) is 0 Å². The second-order valence-corrected chi connectivity index (χ2v) is 4.51. The summed E-state index contributed by atoms with van der Waals surface area (Å²) in [6, 6.07) is 0. The quantitative estimate of drug-likeness (QED) is 0.471. The maximum atomic E-state index is 10.8. The van der Waals surface area contributed by atoms with E-state index >= 15 is 0 Å². The standard InChI is InChI=1S/C5H9NO3S/c1-5(7)6-2-3-10(8,9)4-6/h2-4H2,1H3. The summed E-state index contributed by atoms with van der Waals surface area (Å²) in [5.41, 5.74) is 0. The molecule has 58 valence electrons. The Morgan fingerprint density at radius 3 is 2.30 bits per heavy atom. The van der Waals surface area contributed by atoms with Crippen LogP contribution in [-0.2, 0) is 14.6 Å². The van der Waals surface area contributed by atoms with Gasteiger partial charge in [0.25, 0.3) is 0 Å². The van der Waals surface area contributed by atoms with E-state index in [4.69, 9.17) is 0 Å². The highest BCUT2D eigenvalue weighted by molar-refractivity contribution is 7.91. The number of sulfone groups is 1. The predicted molar refractivity (Wildman–Crippen MR) is 36.0 cm³/mol. The Kier molecular flexibility index (Phi) is 1.68. The van der Waals surface area contributed by atoms with E-state index in [1.807, 2.05) is 0 Å². The zero-order valence-corrected chi connectivity index (χ0v) is 6.52. The van der Waals surface area contributed by atoms with Gasteiger partial charge in [0.1, 0.15) is 5.88 Å². The summed E-state index contributed by atoms with van der Waals surface area (Å²) in [5, 5.41) is 0. The molecule has 1 rings (SSSR count). The first kappa shape index (κ1) is 7.53. The van der Waals surface area contributed by atoms with Crippen molar-refractivity contribution in [3.05, 3.63) is 0 Å². The molecule has 0 N–H and O–H groups in total. The number of hydrogen-bond acceptors (Lipinski definition) is 3. The summed E-state index contributed by atoms with van der Waals surface area (Å²) in [6.45, 7) is 1.73. The van der Waals surface area contributed by atoms with Gasteiger partial charge in [-0.3, -0.25) is 4.79 Å². The van der Waals surface area contributed by atoms with Crippen LogP contribution in [0, 0.1) is 0 Å². The van der Waals surface area contributed by atoms with Gasteiger partial charge < -0.3 is 4.90 Å². The lowest BCUT2D eigenvalue weighted by Crippen LogP contribution is -2.25. The molecule has 1 aliphatic heterocycles. The molecule has 0 saturated carbocycles. The molecule has 0 aromatic rings. The van der Waals surface area contributed by atoms with Gasteiger partial charge in [-0.1, -0.05) is 0 Å². The van der Waals surface area contributed by atoms with Crippen LogP contribution < -0.4 is 0 Å². The minimum Gasteiger partial charge on any atom is -0.328 e. The van der Waals surface area contributed by atoms with Gasteiger partial charge >= 0.3 is 0 Å². The number of rotatable bonds is 0. The summed E-state index contributed by atoms with van der Waals surface area (Å²) in [5.74, 6) is -0.143. The van der Waals surface area contributed by atoms with Crippen molar-refractivity contribution in [3.63, 3.8) is 0 Å². The van der Waals surface area contributed by atoms with E-state index in [1.165, 1.54) is 11.8 Å². The molecule has 1 amide bonds. The molecule has 0 radical (unpaired) electrons.